The Hall–Kier alpha value is 0.570. The van der Waals surface area contributed by atoms with Crippen LogP contribution in [0.1, 0.15) is 6.42 Å². The van der Waals surface area contributed by atoms with Gasteiger partial charge in [-0.2, -0.15) is 12.6 Å². The van der Waals surface area contributed by atoms with Crippen molar-refractivity contribution in [3.05, 3.63) is 0 Å². The molecule has 0 rings (SSSR count). The molecule has 0 spiro atoms. The fraction of sp³-hybridized carbons (Fsp3) is 1.00. The van der Waals surface area contributed by atoms with Crippen LogP contribution in [-0.4, -0.2) is 41.6 Å². The highest BCUT2D eigenvalue weighted by Gasteiger charge is 2.36. The standard InChI is InChI=1S/C4H13NO7P2S/c5-4(14(10,11)12)2(15)1-3(6)13(7,8)9/h2-4,6,15H,1,5H2,(H2,7,8,9)(H2,10,11,12). The van der Waals surface area contributed by atoms with Gasteiger partial charge in [-0.15, -0.1) is 0 Å². The molecule has 3 unspecified atom stereocenters. The third-order valence-corrected chi connectivity index (χ3v) is 4.51. The van der Waals surface area contributed by atoms with Crippen LogP contribution in [0, 0.1) is 0 Å². The lowest BCUT2D eigenvalue weighted by atomic mass is 10.3. The SMILES string of the molecule is NC(C(S)CC(O)P(=O)(O)O)P(=O)(O)O. The van der Waals surface area contributed by atoms with Crippen molar-refractivity contribution in [2.45, 2.75) is 23.3 Å². The normalized spacial score (nSPS) is 19.7. The largest absolute Gasteiger partial charge is 0.380 e. The van der Waals surface area contributed by atoms with Crippen molar-refractivity contribution in [3.63, 3.8) is 0 Å². The molecule has 0 aromatic rings. The number of aliphatic hydroxyl groups is 1. The van der Waals surface area contributed by atoms with Gasteiger partial charge >= 0.3 is 15.2 Å². The summed E-state index contributed by atoms with van der Waals surface area (Å²) in [6, 6.07) is 0. The predicted molar refractivity (Wildman–Crippen MR) is 55.5 cm³/mol. The number of hydrogen-bond acceptors (Lipinski definition) is 5. The summed E-state index contributed by atoms with van der Waals surface area (Å²) in [5, 5.41) is 7.74. The zero-order chi connectivity index (χ0) is 12.4. The molecule has 15 heavy (non-hydrogen) atoms. The Morgan fingerprint density at radius 3 is 1.80 bits per heavy atom. The molecule has 3 atom stereocenters. The molecule has 0 saturated carbocycles. The lowest BCUT2D eigenvalue weighted by Crippen LogP contribution is -2.33. The van der Waals surface area contributed by atoms with Crippen LogP contribution in [0.2, 0.25) is 0 Å². The van der Waals surface area contributed by atoms with Gasteiger partial charge in [0.15, 0.2) is 5.85 Å². The highest BCUT2D eigenvalue weighted by Crippen LogP contribution is 2.46. The summed E-state index contributed by atoms with van der Waals surface area (Å²) in [5.74, 6) is -3.71. The third-order valence-electron chi connectivity index (χ3n) is 1.62. The van der Waals surface area contributed by atoms with E-state index in [9.17, 15) is 9.13 Å². The van der Waals surface area contributed by atoms with Crippen molar-refractivity contribution in [3.8, 4) is 0 Å². The number of rotatable bonds is 5. The van der Waals surface area contributed by atoms with Gasteiger partial charge in [0.25, 0.3) is 0 Å². The van der Waals surface area contributed by atoms with Crippen molar-refractivity contribution in [2.75, 3.05) is 0 Å². The monoisotopic (exact) mass is 281 g/mol. The molecule has 0 aliphatic heterocycles. The van der Waals surface area contributed by atoms with Gasteiger partial charge in [-0.3, -0.25) is 9.13 Å². The second-order valence-corrected chi connectivity index (χ2v) is 7.16. The van der Waals surface area contributed by atoms with E-state index in [0.717, 1.165) is 0 Å². The summed E-state index contributed by atoms with van der Waals surface area (Å²) in [6.07, 6.45) is -0.611. The van der Waals surface area contributed by atoms with Crippen LogP contribution in [0.4, 0.5) is 0 Å². The summed E-state index contributed by atoms with van der Waals surface area (Å²) in [7, 11) is -9.29. The van der Waals surface area contributed by atoms with Gasteiger partial charge in [-0.1, -0.05) is 0 Å². The van der Waals surface area contributed by atoms with E-state index >= 15 is 0 Å². The Balaban J connectivity index is 4.45. The minimum atomic E-state index is -4.70. The fourth-order valence-electron chi connectivity index (χ4n) is 0.717. The highest BCUT2D eigenvalue weighted by atomic mass is 32.1. The third kappa shape index (κ3) is 5.44. The molecule has 8 nitrogen and oxygen atoms in total. The molecule has 0 fully saturated rings. The number of nitrogens with two attached hydrogens (primary N) is 1. The van der Waals surface area contributed by atoms with Crippen molar-refractivity contribution in [1.29, 1.82) is 0 Å². The lowest BCUT2D eigenvalue weighted by Gasteiger charge is -2.22. The minimum Gasteiger partial charge on any atom is -0.380 e. The summed E-state index contributed by atoms with van der Waals surface area (Å²) < 4.78 is 21.2. The molecular weight excluding hydrogens is 268 g/mol. The summed E-state index contributed by atoms with van der Waals surface area (Å²) in [4.78, 5) is 34.3. The van der Waals surface area contributed by atoms with Crippen molar-refractivity contribution < 1.29 is 33.8 Å². The molecule has 7 N–H and O–H groups in total. The molecule has 0 heterocycles. The second kappa shape index (κ2) is 5.27. The first kappa shape index (κ1) is 15.6. The van der Waals surface area contributed by atoms with Gasteiger partial charge in [-0.25, -0.2) is 0 Å². The Bertz CT molecular complexity index is 299. The number of aliphatic hydroxyl groups excluding tert-OH is 1. The highest BCUT2D eigenvalue weighted by molar-refractivity contribution is 7.81. The maximum Gasteiger partial charge on any atom is 0.353 e. The van der Waals surface area contributed by atoms with E-state index < -0.39 is 38.5 Å². The number of thiol groups is 1. The molecule has 92 valence electrons. The molecule has 0 radical (unpaired) electrons. The van der Waals surface area contributed by atoms with E-state index in [1.807, 2.05) is 0 Å². The van der Waals surface area contributed by atoms with E-state index in [1.54, 1.807) is 0 Å². The van der Waals surface area contributed by atoms with E-state index in [-0.39, 0.29) is 0 Å². The van der Waals surface area contributed by atoms with E-state index in [1.165, 1.54) is 0 Å². The Kier molecular flexibility index (Phi) is 5.47. The second-order valence-electron chi connectivity index (χ2n) is 2.95. The number of hydrogen-bond donors (Lipinski definition) is 7. The van der Waals surface area contributed by atoms with Crippen LogP contribution < -0.4 is 5.73 Å². The van der Waals surface area contributed by atoms with Crippen LogP contribution in [0.25, 0.3) is 0 Å². The lowest BCUT2D eigenvalue weighted by molar-refractivity contribution is 0.191. The molecule has 0 aromatic carbocycles. The average molecular weight is 281 g/mol. The van der Waals surface area contributed by atoms with Gasteiger partial charge < -0.3 is 30.4 Å². The molecular formula is C4H13NO7P2S. The topological polar surface area (TPSA) is 161 Å². The van der Waals surface area contributed by atoms with E-state index in [4.69, 9.17) is 30.4 Å². The fourth-order valence-corrected chi connectivity index (χ4v) is 2.68. The van der Waals surface area contributed by atoms with E-state index in [2.05, 4.69) is 12.6 Å². The molecule has 0 saturated heterocycles. The molecule has 0 bridgehead atoms. The van der Waals surface area contributed by atoms with E-state index in [0.29, 0.717) is 0 Å². The summed E-state index contributed by atoms with van der Waals surface area (Å²) in [6.45, 7) is 0. The van der Waals surface area contributed by atoms with Crippen LogP contribution in [0.3, 0.4) is 0 Å². The first-order valence-electron chi connectivity index (χ1n) is 3.68. The Morgan fingerprint density at radius 2 is 1.53 bits per heavy atom. The quantitative estimate of drug-likeness (QED) is 0.240. The maximum atomic E-state index is 10.6. The van der Waals surface area contributed by atoms with Gasteiger partial charge in [0, 0.05) is 5.25 Å². The van der Waals surface area contributed by atoms with Crippen LogP contribution in [0.5, 0.6) is 0 Å². The molecule has 0 aliphatic rings. The van der Waals surface area contributed by atoms with Gasteiger partial charge in [-0.05, 0) is 6.42 Å². The van der Waals surface area contributed by atoms with Gasteiger partial charge in [0.05, 0.1) is 0 Å². The van der Waals surface area contributed by atoms with Crippen LogP contribution in [0.15, 0.2) is 0 Å². The van der Waals surface area contributed by atoms with Crippen LogP contribution in [-0.2, 0) is 9.13 Å². The summed E-state index contributed by atoms with van der Waals surface area (Å²) >= 11 is 3.67. The van der Waals surface area contributed by atoms with Crippen molar-refractivity contribution in [1.82, 2.24) is 0 Å². The zero-order valence-corrected chi connectivity index (χ0v) is 10.1. The van der Waals surface area contributed by atoms with Gasteiger partial charge in [0.2, 0.25) is 0 Å². The van der Waals surface area contributed by atoms with Crippen molar-refractivity contribution in [2.24, 2.45) is 5.73 Å². The smallest absolute Gasteiger partial charge is 0.353 e. The average Bonchev–Trinajstić information content (AvgIpc) is 1.99. The predicted octanol–water partition coefficient (Wildman–Crippen LogP) is -1.37. The van der Waals surface area contributed by atoms with Gasteiger partial charge in [0.1, 0.15) is 5.78 Å². The molecule has 0 amide bonds. The molecule has 0 aliphatic carbocycles. The zero-order valence-electron chi connectivity index (χ0n) is 7.41. The Labute approximate surface area is 91.2 Å². The first-order valence-corrected chi connectivity index (χ1v) is 7.56. The summed E-state index contributed by atoms with van der Waals surface area (Å²) in [5.41, 5.74) is 5.08. The first-order chi connectivity index (χ1) is 6.46. The minimum absolute atomic E-state index is 0.611. The van der Waals surface area contributed by atoms with Crippen LogP contribution >= 0.6 is 27.8 Å². The van der Waals surface area contributed by atoms with Crippen molar-refractivity contribution >= 4 is 27.8 Å². The molecule has 0 aromatic heterocycles. The maximum absolute atomic E-state index is 10.6. The molecule has 11 heteroatoms. The Morgan fingerprint density at radius 1 is 1.13 bits per heavy atom.